The van der Waals surface area contributed by atoms with Crippen molar-refractivity contribution in [2.45, 2.75) is 0 Å². The van der Waals surface area contributed by atoms with Crippen molar-refractivity contribution in [2.24, 2.45) is 7.05 Å². The Hall–Kier alpha value is -6.52. The van der Waals surface area contributed by atoms with Crippen molar-refractivity contribution in [1.29, 1.82) is 0 Å². The first-order valence-corrected chi connectivity index (χ1v) is 16.4. The van der Waals surface area contributed by atoms with Crippen molar-refractivity contribution in [1.82, 2.24) is 9.13 Å². The fourth-order valence-electron chi connectivity index (χ4n) is 7.49. The average Bonchev–Trinajstić information content (AvgIpc) is 3.50. The van der Waals surface area contributed by atoms with Gasteiger partial charge in [-0.1, -0.05) is 109 Å². The van der Waals surface area contributed by atoms with Crippen LogP contribution >= 0.6 is 0 Å². The van der Waals surface area contributed by atoms with E-state index in [1.54, 1.807) is 4.57 Å². The van der Waals surface area contributed by atoms with Crippen LogP contribution in [0.4, 0.5) is 0 Å². The lowest BCUT2D eigenvalue weighted by Crippen LogP contribution is -2.18. The summed E-state index contributed by atoms with van der Waals surface area (Å²) in [5, 5.41) is 4.92. The number of aryl methyl sites for hydroxylation is 1. The minimum atomic E-state index is -0.0653. The van der Waals surface area contributed by atoms with Gasteiger partial charge in [-0.3, -0.25) is 9.59 Å². The highest BCUT2D eigenvalue weighted by Crippen LogP contribution is 2.39. The first-order chi connectivity index (χ1) is 24.1. The zero-order valence-electron chi connectivity index (χ0n) is 26.8. The molecule has 49 heavy (non-hydrogen) atoms. The number of rotatable bonds is 5. The lowest BCUT2D eigenvalue weighted by Gasteiger charge is -2.18. The largest absolute Gasteiger partial charge is 0.310 e. The van der Waals surface area contributed by atoms with Gasteiger partial charge in [0.1, 0.15) is 0 Å². The maximum absolute atomic E-state index is 13.6. The molecule has 0 unspecified atom stereocenters. The lowest BCUT2D eigenvalue weighted by molar-refractivity contribution is 0.112. The SMILES string of the molecule is Cn1c(=O)c2ccccc2c2cc(-c3cccc(-n4c5ccccc5c5cc(-c6ccccc6)ccc54)c3)cc(-c3ccccc3C=O)c21. The maximum atomic E-state index is 13.6. The van der Waals surface area contributed by atoms with Crippen LogP contribution in [0.5, 0.6) is 0 Å². The van der Waals surface area contributed by atoms with E-state index in [0.717, 1.165) is 61.5 Å². The van der Waals surface area contributed by atoms with Gasteiger partial charge in [-0.15, -0.1) is 0 Å². The smallest absolute Gasteiger partial charge is 0.258 e. The van der Waals surface area contributed by atoms with Gasteiger partial charge >= 0.3 is 0 Å². The Labute approximate surface area is 282 Å². The molecule has 0 radical (unpaired) electrons. The van der Waals surface area contributed by atoms with Gasteiger partial charge in [-0.25, -0.2) is 0 Å². The molecule has 4 heteroatoms. The molecule has 0 fully saturated rings. The third-order valence-corrected chi connectivity index (χ3v) is 9.79. The van der Waals surface area contributed by atoms with E-state index < -0.39 is 0 Å². The Morgan fingerprint density at radius 1 is 0.469 bits per heavy atom. The summed E-state index contributed by atoms with van der Waals surface area (Å²) < 4.78 is 4.06. The number of aromatic nitrogens is 2. The Morgan fingerprint density at radius 3 is 1.96 bits per heavy atom. The number of aldehydes is 1. The van der Waals surface area contributed by atoms with Crippen molar-refractivity contribution in [3.63, 3.8) is 0 Å². The van der Waals surface area contributed by atoms with Crippen molar-refractivity contribution in [2.75, 3.05) is 0 Å². The number of hydrogen-bond acceptors (Lipinski definition) is 2. The number of carbonyl (C=O) groups is 1. The van der Waals surface area contributed by atoms with Crippen molar-refractivity contribution in [3.8, 4) is 39.1 Å². The van der Waals surface area contributed by atoms with E-state index in [-0.39, 0.29) is 5.56 Å². The van der Waals surface area contributed by atoms with Crippen molar-refractivity contribution in [3.05, 3.63) is 174 Å². The van der Waals surface area contributed by atoms with E-state index in [0.29, 0.717) is 10.9 Å². The molecule has 0 aliphatic heterocycles. The van der Waals surface area contributed by atoms with Crippen LogP contribution in [-0.4, -0.2) is 15.4 Å². The minimum absolute atomic E-state index is 0.0653. The lowest BCUT2D eigenvalue weighted by atomic mass is 9.91. The predicted octanol–water partition coefficient (Wildman–Crippen LogP) is 10.6. The predicted molar refractivity (Wildman–Crippen MR) is 203 cm³/mol. The summed E-state index contributed by atoms with van der Waals surface area (Å²) >= 11 is 0. The summed E-state index contributed by atoms with van der Waals surface area (Å²) in [6, 6.07) is 54.1. The molecular weight excluding hydrogens is 601 g/mol. The minimum Gasteiger partial charge on any atom is -0.310 e. The third-order valence-electron chi connectivity index (χ3n) is 9.79. The molecule has 0 N–H and O–H groups in total. The summed E-state index contributed by atoms with van der Waals surface area (Å²) in [6.45, 7) is 0. The van der Waals surface area contributed by atoms with E-state index in [2.05, 4.69) is 108 Å². The maximum Gasteiger partial charge on any atom is 0.258 e. The van der Waals surface area contributed by atoms with Crippen LogP contribution < -0.4 is 5.56 Å². The summed E-state index contributed by atoms with van der Waals surface area (Å²) in [5.74, 6) is 0. The zero-order valence-corrected chi connectivity index (χ0v) is 26.8. The monoisotopic (exact) mass is 630 g/mol. The van der Waals surface area contributed by atoms with E-state index >= 15 is 0 Å². The number of benzene rings is 7. The van der Waals surface area contributed by atoms with Gasteiger partial charge in [0.2, 0.25) is 0 Å². The third kappa shape index (κ3) is 4.53. The Bertz CT molecular complexity index is 2820. The average molecular weight is 631 g/mol. The van der Waals surface area contributed by atoms with Gasteiger partial charge < -0.3 is 9.13 Å². The van der Waals surface area contributed by atoms with Crippen LogP contribution in [0.2, 0.25) is 0 Å². The standard InChI is InChI=1S/C45H30N2O2/c1-46-44-40(35-17-6-5-14-32(35)28-48)26-33(27-41(44)36-18-7-8-20-38(36)45(46)49)30-15-11-16-34(24-30)47-42-21-10-9-19-37(42)39-25-31(22-23-43(39)47)29-12-3-2-4-13-29/h2-28H,1H3. The molecule has 0 spiro atoms. The first-order valence-electron chi connectivity index (χ1n) is 16.4. The van der Waals surface area contributed by atoms with E-state index in [4.69, 9.17) is 0 Å². The first kappa shape index (κ1) is 28.7. The molecule has 0 bridgehead atoms. The molecule has 0 atom stereocenters. The normalized spacial score (nSPS) is 11.5. The van der Waals surface area contributed by atoms with Gasteiger partial charge in [-0.2, -0.15) is 0 Å². The van der Waals surface area contributed by atoms with Crippen LogP contribution in [0.15, 0.2) is 163 Å². The fourth-order valence-corrected chi connectivity index (χ4v) is 7.49. The van der Waals surface area contributed by atoms with Gasteiger partial charge in [0, 0.05) is 45.4 Å². The molecule has 232 valence electrons. The molecule has 2 aromatic heterocycles. The molecule has 9 aromatic rings. The summed E-state index contributed by atoms with van der Waals surface area (Å²) in [5.41, 5.74) is 10.7. The second kappa shape index (κ2) is 11.3. The molecule has 9 rings (SSSR count). The highest BCUT2D eigenvalue weighted by Gasteiger charge is 2.18. The van der Waals surface area contributed by atoms with E-state index in [1.807, 2.05) is 61.6 Å². The van der Waals surface area contributed by atoms with Gasteiger partial charge in [0.05, 0.1) is 16.6 Å². The Balaban J connectivity index is 1.30. The molecule has 7 aromatic carbocycles. The summed E-state index contributed by atoms with van der Waals surface area (Å²) in [6.07, 6.45) is 0.888. The van der Waals surface area contributed by atoms with Crippen LogP contribution in [-0.2, 0) is 7.05 Å². The van der Waals surface area contributed by atoms with Crippen LogP contribution in [0.3, 0.4) is 0 Å². The highest BCUT2D eigenvalue weighted by molar-refractivity contribution is 6.13. The number of nitrogens with zero attached hydrogens (tertiary/aromatic N) is 2. The zero-order chi connectivity index (χ0) is 33.1. The van der Waals surface area contributed by atoms with E-state index in [9.17, 15) is 9.59 Å². The number of pyridine rings is 1. The van der Waals surface area contributed by atoms with Gasteiger partial charge in [-0.05, 0) is 81.7 Å². The second-order valence-electron chi connectivity index (χ2n) is 12.5. The number of hydrogen-bond donors (Lipinski definition) is 0. The number of carbonyl (C=O) groups excluding carboxylic acids is 1. The Kier molecular flexibility index (Phi) is 6.63. The summed E-state index contributed by atoms with van der Waals surface area (Å²) in [4.78, 5) is 25.9. The fraction of sp³-hybridized carbons (Fsp3) is 0.0222. The van der Waals surface area contributed by atoms with E-state index in [1.165, 1.54) is 21.9 Å². The van der Waals surface area contributed by atoms with Crippen molar-refractivity contribution < 1.29 is 4.79 Å². The van der Waals surface area contributed by atoms with Gasteiger partial charge in [0.15, 0.2) is 6.29 Å². The van der Waals surface area contributed by atoms with Crippen LogP contribution in [0, 0.1) is 0 Å². The highest BCUT2D eigenvalue weighted by atomic mass is 16.1. The number of fused-ring (bicyclic) bond motifs is 6. The topological polar surface area (TPSA) is 44.0 Å². The Morgan fingerprint density at radius 2 is 1.12 bits per heavy atom. The van der Waals surface area contributed by atoms with Crippen LogP contribution in [0.1, 0.15) is 10.4 Å². The molecule has 2 heterocycles. The molecule has 0 amide bonds. The second-order valence-corrected chi connectivity index (χ2v) is 12.5. The molecular formula is C45H30N2O2. The summed E-state index contributed by atoms with van der Waals surface area (Å²) in [7, 11) is 1.82. The molecule has 0 aliphatic rings. The molecule has 0 saturated heterocycles. The van der Waals surface area contributed by atoms with Gasteiger partial charge in [0.25, 0.3) is 5.56 Å². The molecule has 0 aliphatic carbocycles. The molecule has 0 saturated carbocycles. The number of para-hydroxylation sites is 1. The van der Waals surface area contributed by atoms with Crippen molar-refractivity contribution >= 4 is 49.8 Å². The quantitative estimate of drug-likeness (QED) is 0.140. The van der Waals surface area contributed by atoms with Crippen LogP contribution in [0.25, 0.3) is 82.5 Å². The molecule has 4 nitrogen and oxygen atoms in total.